The van der Waals surface area contributed by atoms with Crippen LogP contribution in [0.15, 0.2) is 30.3 Å². The fourth-order valence-corrected chi connectivity index (χ4v) is 2.74. The molecule has 0 saturated heterocycles. The Hall–Kier alpha value is -0.820. The van der Waals surface area contributed by atoms with Crippen molar-refractivity contribution in [3.05, 3.63) is 42.8 Å². The molecule has 0 bridgehead atoms. The van der Waals surface area contributed by atoms with E-state index in [2.05, 4.69) is 31.2 Å². The first-order valence-corrected chi connectivity index (χ1v) is 9.34. The van der Waals surface area contributed by atoms with Crippen molar-refractivity contribution in [3.8, 4) is 0 Å². The van der Waals surface area contributed by atoms with Gasteiger partial charge in [-0.25, -0.2) is 0 Å². The first-order chi connectivity index (χ1) is 10.9. The average molecular weight is 304 g/mol. The Morgan fingerprint density at radius 2 is 1.14 bits per heavy atom. The van der Waals surface area contributed by atoms with Crippen LogP contribution >= 0.6 is 0 Å². The van der Waals surface area contributed by atoms with Gasteiger partial charge in [0.15, 0.2) is 0 Å². The van der Waals surface area contributed by atoms with Gasteiger partial charge in [-0.3, -0.25) is 0 Å². The fourth-order valence-electron chi connectivity index (χ4n) is 2.74. The minimum absolute atomic E-state index is 0.759. The van der Waals surface area contributed by atoms with Crippen molar-refractivity contribution < 1.29 is 4.74 Å². The number of hydrogen-bond acceptors (Lipinski definition) is 1. The van der Waals surface area contributed by atoms with E-state index in [-0.39, 0.29) is 0 Å². The molecule has 0 aliphatic heterocycles. The summed E-state index contributed by atoms with van der Waals surface area (Å²) in [6.45, 7) is 5.55. The summed E-state index contributed by atoms with van der Waals surface area (Å²) in [6.07, 6.45) is 16.2. The highest BCUT2D eigenvalue weighted by atomic mass is 16.5. The molecule has 0 aliphatic carbocycles. The van der Waals surface area contributed by atoms with Gasteiger partial charge in [0.25, 0.3) is 0 Å². The van der Waals surface area contributed by atoms with Crippen LogP contribution in [-0.4, -0.2) is 6.61 Å². The predicted molar refractivity (Wildman–Crippen MR) is 96.9 cm³/mol. The van der Waals surface area contributed by atoms with Crippen LogP contribution in [-0.2, 0) is 11.3 Å². The lowest BCUT2D eigenvalue weighted by Crippen LogP contribution is -1.95. The molecule has 0 unspecified atom stereocenters. The van der Waals surface area contributed by atoms with Crippen molar-refractivity contribution in [2.75, 3.05) is 6.61 Å². The zero-order valence-corrected chi connectivity index (χ0v) is 14.4. The molecule has 125 valence electrons. The fraction of sp³-hybridized carbons (Fsp3) is 0.667. The summed E-state index contributed by atoms with van der Waals surface area (Å²) in [4.78, 5) is 0. The van der Waals surface area contributed by atoms with Crippen molar-refractivity contribution >= 4 is 0 Å². The molecule has 0 atom stereocenters. The third-order valence-electron chi connectivity index (χ3n) is 4.15. The van der Waals surface area contributed by atoms with Gasteiger partial charge >= 0.3 is 0 Å². The van der Waals surface area contributed by atoms with E-state index in [0.29, 0.717) is 0 Å². The van der Waals surface area contributed by atoms with Crippen LogP contribution in [0.3, 0.4) is 0 Å². The lowest BCUT2D eigenvalue weighted by atomic mass is 10.1. The highest BCUT2D eigenvalue weighted by Crippen LogP contribution is 2.12. The highest BCUT2D eigenvalue weighted by Gasteiger charge is 1.95. The topological polar surface area (TPSA) is 9.23 Å². The first-order valence-electron chi connectivity index (χ1n) is 9.34. The second-order valence-electron chi connectivity index (χ2n) is 6.28. The Kier molecular flexibility index (Phi) is 13.2. The largest absolute Gasteiger partial charge is 0.377 e. The molecule has 0 amide bonds. The molecule has 0 heterocycles. The van der Waals surface area contributed by atoms with E-state index in [4.69, 9.17) is 4.74 Å². The van der Waals surface area contributed by atoms with Gasteiger partial charge in [0.2, 0.25) is 0 Å². The summed E-state index contributed by atoms with van der Waals surface area (Å²) in [5.74, 6) is 0. The van der Waals surface area contributed by atoms with Crippen molar-refractivity contribution in [1.82, 2.24) is 0 Å². The van der Waals surface area contributed by atoms with E-state index < -0.39 is 0 Å². The maximum absolute atomic E-state index is 5.71. The maximum atomic E-state index is 5.71. The van der Waals surface area contributed by atoms with Gasteiger partial charge in [-0.05, 0) is 12.0 Å². The molecule has 1 rings (SSSR count). The Morgan fingerprint density at radius 3 is 1.68 bits per heavy atom. The molecule has 0 aliphatic rings. The van der Waals surface area contributed by atoms with Crippen LogP contribution in [0.4, 0.5) is 0 Å². The standard InChI is InChI=1S/C21H35O/c1-2-3-4-5-6-7-8-9-10-11-12-16-19-22-20-21-17-14-13-15-18-21/h13-15,17-18H,1-12,16,19-20H2. The lowest BCUT2D eigenvalue weighted by molar-refractivity contribution is 0.116. The third-order valence-corrected chi connectivity index (χ3v) is 4.15. The van der Waals surface area contributed by atoms with Crippen LogP contribution in [0.5, 0.6) is 0 Å². The van der Waals surface area contributed by atoms with Crippen molar-refractivity contribution in [1.29, 1.82) is 0 Å². The normalized spacial score (nSPS) is 11.0. The Bertz CT molecular complexity index is 320. The van der Waals surface area contributed by atoms with Gasteiger partial charge in [-0.1, -0.05) is 108 Å². The van der Waals surface area contributed by atoms with E-state index in [0.717, 1.165) is 19.6 Å². The Balaban J connectivity index is 1.73. The predicted octanol–water partition coefficient (Wildman–Crippen LogP) is 6.72. The van der Waals surface area contributed by atoms with Crippen LogP contribution in [0.2, 0.25) is 0 Å². The average Bonchev–Trinajstić information content (AvgIpc) is 2.56. The Morgan fingerprint density at radius 1 is 0.636 bits per heavy atom. The van der Waals surface area contributed by atoms with Crippen molar-refractivity contribution in [2.24, 2.45) is 0 Å². The summed E-state index contributed by atoms with van der Waals surface area (Å²) in [6, 6.07) is 10.4. The number of benzene rings is 1. The van der Waals surface area contributed by atoms with Gasteiger partial charge < -0.3 is 4.74 Å². The molecule has 0 saturated carbocycles. The molecule has 1 radical (unpaired) electrons. The third kappa shape index (κ3) is 11.8. The summed E-state index contributed by atoms with van der Waals surface area (Å²) >= 11 is 0. The molecule has 1 heteroatoms. The highest BCUT2D eigenvalue weighted by molar-refractivity contribution is 5.13. The number of hydrogen-bond donors (Lipinski definition) is 0. The summed E-state index contributed by atoms with van der Waals surface area (Å²) in [7, 11) is 0. The van der Waals surface area contributed by atoms with Gasteiger partial charge in [0, 0.05) is 6.61 Å². The molecule has 0 spiro atoms. The zero-order valence-electron chi connectivity index (χ0n) is 14.4. The zero-order chi connectivity index (χ0) is 15.7. The molecule has 22 heavy (non-hydrogen) atoms. The SMILES string of the molecule is [CH2]CCCCCCCCCCCCCOCc1ccccc1. The molecular formula is C21H35O. The minimum atomic E-state index is 0.759. The smallest absolute Gasteiger partial charge is 0.0716 e. The second-order valence-corrected chi connectivity index (χ2v) is 6.28. The molecule has 0 N–H and O–H groups in total. The van der Waals surface area contributed by atoms with Gasteiger partial charge in [0.05, 0.1) is 6.61 Å². The van der Waals surface area contributed by atoms with Crippen LogP contribution in [0.25, 0.3) is 0 Å². The molecule has 1 aromatic carbocycles. The van der Waals surface area contributed by atoms with Gasteiger partial charge in [0.1, 0.15) is 0 Å². The van der Waals surface area contributed by atoms with Crippen molar-refractivity contribution in [2.45, 2.75) is 83.7 Å². The summed E-state index contributed by atoms with van der Waals surface area (Å²) < 4.78 is 5.71. The number of rotatable bonds is 15. The van der Waals surface area contributed by atoms with Gasteiger partial charge in [-0.2, -0.15) is 0 Å². The molecular weight excluding hydrogens is 268 g/mol. The summed E-state index contributed by atoms with van der Waals surface area (Å²) in [5, 5.41) is 0. The maximum Gasteiger partial charge on any atom is 0.0716 e. The van der Waals surface area contributed by atoms with Crippen LogP contribution in [0, 0.1) is 6.92 Å². The van der Waals surface area contributed by atoms with Gasteiger partial charge in [-0.15, -0.1) is 0 Å². The monoisotopic (exact) mass is 303 g/mol. The van der Waals surface area contributed by atoms with E-state index >= 15 is 0 Å². The minimum Gasteiger partial charge on any atom is -0.377 e. The number of ether oxygens (including phenoxy) is 1. The molecule has 0 fully saturated rings. The van der Waals surface area contributed by atoms with E-state index in [1.165, 1.54) is 76.2 Å². The molecule has 0 aromatic heterocycles. The second kappa shape index (κ2) is 15.1. The van der Waals surface area contributed by atoms with Crippen LogP contribution < -0.4 is 0 Å². The summed E-state index contributed by atoms with van der Waals surface area (Å²) in [5.41, 5.74) is 1.28. The first kappa shape index (κ1) is 19.2. The van der Waals surface area contributed by atoms with Crippen molar-refractivity contribution in [3.63, 3.8) is 0 Å². The van der Waals surface area contributed by atoms with E-state index in [9.17, 15) is 0 Å². The Labute approximate surface area is 138 Å². The quantitative estimate of drug-likeness (QED) is 0.327. The van der Waals surface area contributed by atoms with E-state index in [1.54, 1.807) is 0 Å². The van der Waals surface area contributed by atoms with Crippen LogP contribution in [0.1, 0.15) is 82.6 Å². The van der Waals surface area contributed by atoms with E-state index in [1.807, 2.05) is 6.07 Å². The molecule has 1 nitrogen and oxygen atoms in total. The molecule has 1 aromatic rings. The number of unbranched alkanes of at least 4 members (excludes halogenated alkanes) is 11. The lowest BCUT2D eigenvalue weighted by Gasteiger charge is -2.05.